The summed E-state index contributed by atoms with van der Waals surface area (Å²) < 4.78 is 13.0. The number of nitrogens with one attached hydrogen (secondary N) is 1. The molecule has 5 heteroatoms. The van der Waals surface area contributed by atoms with Crippen LogP contribution in [0.4, 0.5) is 4.39 Å². The molecular weight excluding hydrogens is 265 g/mol. The molecule has 0 unspecified atom stereocenters. The van der Waals surface area contributed by atoms with E-state index in [9.17, 15) is 4.39 Å². The van der Waals surface area contributed by atoms with E-state index in [-0.39, 0.29) is 5.82 Å². The van der Waals surface area contributed by atoms with Crippen LogP contribution in [-0.4, -0.2) is 16.0 Å². The molecule has 1 aromatic heterocycles. The summed E-state index contributed by atoms with van der Waals surface area (Å²) in [5.41, 5.74) is 1.56. The van der Waals surface area contributed by atoms with E-state index >= 15 is 0 Å². The molecule has 0 amide bonds. The van der Waals surface area contributed by atoms with Crippen LogP contribution in [-0.2, 0) is 6.54 Å². The highest BCUT2D eigenvalue weighted by atomic mass is 35.5. The Hall–Kier alpha value is -1.52. The van der Waals surface area contributed by atoms with Crippen molar-refractivity contribution < 1.29 is 4.39 Å². The van der Waals surface area contributed by atoms with E-state index in [1.807, 2.05) is 6.07 Å². The standard InChI is InChI=1S/C14H13ClFN3/c15-13-7-9(16)1-4-12(13)14-17-6-5-11(19-14)8-18-10-2-3-10/h1,4-7,10,18H,2-3,8H2. The van der Waals surface area contributed by atoms with Crippen LogP contribution in [0.25, 0.3) is 11.4 Å². The van der Waals surface area contributed by atoms with Crippen molar-refractivity contribution in [1.82, 2.24) is 15.3 Å². The van der Waals surface area contributed by atoms with Crippen LogP contribution in [0.15, 0.2) is 30.5 Å². The van der Waals surface area contributed by atoms with Crippen molar-refractivity contribution in [2.45, 2.75) is 25.4 Å². The first-order chi connectivity index (χ1) is 9.22. The molecule has 0 aliphatic heterocycles. The minimum atomic E-state index is -0.361. The fourth-order valence-electron chi connectivity index (χ4n) is 1.83. The molecule has 0 spiro atoms. The third kappa shape index (κ3) is 3.08. The second-order valence-corrected chi connectivity index (χ2v) is 5.06. The molecule has 1 saturated carbocycles. The van der Waals surface area contributed by atoms with Gasteiger partial charge in [0.1, 0.15) is 5.82 Å². The lowest BCUT2D eigenvalue weighted by Crippen LogP contribution is -2.16. The number of halogens is 2. The van der Waals surface area contributed by atoms with Gasteiger partial charge in [0, 0.05) is 24.3 Å². The largest absolute Gasteiger partial charge is 0.308 e. The Labute approximate surface area is 115 Å². The number of nitrogens with zero attached hydrogens (tertiary/aromatic N) is 2. The molecule has 19 heavy (non-hydrogen) atoms. The van der Waals surface area contributed by atoms with Crippen molar-refractivity contribution in [2.24, 2.45) is 0 Å². The van der Waals surface area contributed by atoms with Gasteiger partial charge in [-0.25, -0.2) is 14.4 Å². The highest BCUT2D eigenvalue weighted by molar-refractivity contribution is 6.33. The van der Waals surface area contributed by atoms with Gasteiger partial charge >= 0.3 is 0 Å². The first kappa shape index (κ1) is 12.5. The van der Waals surface area contributed by atoms with E-state index in [0.29, 0.717) is 22.5 Å². The van der Waals surface area contributed by atoms with E-state index in [1.54, 1.807) is 12.3 Å². The predicted octanol–water partition coefficient (Wildman–Crippen LogP) is 3.19. The molecule has 1 fully saturated rings. The minimum absolute atomic E-state index is 0.326. The average Bonchev–Trinajstić information content (AvgIpc) is 3.21. The zero-order valence-electron chi connectivity index (χ0n) is 10.2. The van der Waals surface area contributed by atoms with E-state index in [1.165, 1.54) is 25.0 Å². The Morgan fingerprint density at radius 1 is 1.32 bits per heavy atom. The third-order valence-corrected chi connectivity index (χ3v) is 3.35. The maximum atomic E-state index is 13.0. The van der Waals surface area contributed by atoms with E-state index in [4.69, 9.17) is 11.6 Å². The maximum absolute atomic E-state index is 13.0. The summed E-state index contributed by atoms with van der Waals surface area (Å²) in [7, 11) is 0. The van der Waals surface area contributed by atoms with Crippen LogP contribution in [0.5, 0.6) is 0 Å². The molecule has 1 aromatic carbocycles. The Bertz CT molecular complexity index is 599. The molecule has 0 bridgehead atoms. The van der Waals surface area contributed by atoms with Crippen molar-refractivity contribution in [3.63, 3.8) is 0 Å². The summed E-state index contributed by atoms with van der Waals surface area (Å²) in [6.07, 6.45) is 4.18. The lowest BCUT2D eigenvalue weighted by Gasteiger charge is -2.06. The molecule has 0 radical (unpaired) electrons. The van der Waals surface area contributed by atoms with Gasteiger partial charge in [0.25, 0.3) is 0 Å². The van der Waals surface area contributed by atoms with Crippen LogP contribution in [0.1, 0.15) is 18.5 Å². The number of benzene rings is 1. The van der Waals surface area contributed by atoms with E-state index in [0.717, 1.165) is 12.2 Å². The summed E-state index contributed by atoms with van der Waals surface area (Å²) in [4.78, 5) is 8.65. The highest BCUT2D eigenvalue weighted by Crippen LogP contribution is 2.26. The summed E-state index contributed by atoms with van der Waals surface area (Å²) in [5, 5.41) is 3.72. The number of aromatic nitrogens is 2. The fraction of sp³-hybridized carbons (Fsp3) is 0.286. The predicted molar refractivity (Wildman–Crippen MR) is 72.3 cm³/mol. The van der Waals surface area contributed by atoms with Crippen molar-refractivity contribution in [1.29, 1.82) is 0 Å². The summed E-state index contributed by atoms with van der Waals surface area (Å²) >= 11 is 6.02. The van der Waals surface area contributed by atoms with Gasteiger partial charge in [-0.15, -0.1) is 0 Å². The molecule has 1 aliphatic rings. The minimum Gasteiger partial charge on any atom is -0.308 e. The second kappa shape index (κ2) is 5.23. The van der Waals surface area contributed by atoms with Crippen molar-refractivity contribution in [2.75, 3.05) is 0 Å². The smallest absolute Gasteiger partial charge is 0.160 e. The lowest BCUT2D eigenvalue weighted by atomic mass is 10.2. The zero-order valence-corrected chi connectivity index (χ0v) is 11.0. The van der Waals surface area contributed by atoms with Gasteiger partial charge in [0.15, 0.2) is 5.82 Å². The summed E-state index contributed by atoms with van der Waals surface area (Å²) in [5.74, 6) is 0.167. The molecule has 2 aromatic rings. The first-order valence-corrected chi connectivity index (χ1v) is 6.61. The number of rotatable bonds is 4. The Kier molecular flexibility index (Phi) is 3.44. The zero-order chi connectivity index (χ0) is 13.2. The van der Waals surface area contributed by atoms with Gasteiger partial charge in [0.2, 0.25) is 0 Å². The van der Waals surface area contributed by atoms with Gasteiger partial charge in [-0.1, -0.05) is 11.6 Å². The van der Waals surface area contributed by atoms with Crippen LogP contribution < -0.4 is 5.32 Å². The molecule has 3 rings (SSSR count). The molecule has 1 N–H and O–H groups in total. The van der Waals surface area contributed by atoms with Crippen LogP contribution in [0, 0.1) is 5.82 Å². The average molecular weight is 278 g/mol. The topological polar surface area (TPSA) is 37.8 Å². The molecule has 0 saturated heterocycles. The van der Waals surface area contributed by atoms with Gasteiger partial charge in [-0.3, -0.25) is 0 Å². The van der Waals surface area contributed by atoms with Crippen LogP contribution >= 0.6 is 11.6 Å². The SMILES string of the molecule is Fc1ccc(-c2nccc(CNC3CC3)n2)c(Cl)c1. The second-order valence-electron chi connectivity index (χ2n) is 4.65. The monoisotopic (exact) mass is 277 g/mol. The Balaban J connectivity index is 1.84. The molecule has 3 nitrogen and oxygen atoms in total. The normalized spacial score (nSPS) is 14.6. The lowest BCUT2D eigenvalue weighted by molar-refractivity contribution is 0.628. The van der Waals surface area contributed by atoms with Crippen LogP contribution in [0.2, 0.25) is 5.02 Å². The molecule has 1 heterocycles. The molecule has 0 atom stereocenters. The van der Waals surface area contributed by atoms with Gasteiger partial charge in [0.05, 0.1) is 10.7 Å². The molecular formula is C14H13ClFN3. The summed E-state index contributed by atoms with van der Waals surface area (Å²) in [6, 6.07) is 6.74. The molecule has 1 aliphatic carbocycles. The van der Waals surface area contributed by atoms with Gasteiger partial charge in [-0.05, 0) is 37.1 Å². The maximum Gasteiger partial charge on any atom is 0.160 e. The Morgan fingerprint density at radius 2 is 2.16 bits per heavy atom. The highest BCUT2D eigenvalue weighted by Gasteiger charge is 2.20. The van der Waals surface area contributed by atoms with E-state index in [2.05, 4.69) is 15.3 Å². The fourth-order valence-corrected chi connectivity index (χ4v) is 2.08. The van der Waals surface area contributed by atoms with Gasteiger partial charge < -0.3 is 5.32 Å². The number of hydrogen-bond donors (Lipinski definition) is 1. The van der Waals surface area contributed by atoms with E-state index < -0.39 is 0 Å². The molecule has 98 valence electrons. The quantitative estimate of drug-likeness (QED) is 0.933. The van der Waals surface area contributed by atoms with Crippen LogP contribution in [0.3, 0.4) is 0 Å². The Morgan fingerprint density at radius 3 is 2.89 bits per heavy atom. The summed E-state index contributed by atoms with van der Waals surface area (Å²) in [6.45, 7) is 0.721. The van der Waals surface area contributed by atoms with Crippen molar-refractivity contribution in [3.8, 4) is 11.4 Å². The first-order valence-electron chi connectivity index (χ1n) is 6.23. The van der Waals surface area contributed by atoms with Crippen molar-refractivity contribution in [3.05, 3.63) is 47.0 Å². The third-order valence-electron chi connectivity index (χ3n) is 3.03. The number of hydrogen-bond acceptors (Lipinski definition) is 3. The van der Waals surface area contributed by atoms with Gasteiger partial charge in [-0.2, -0.15) is 0 Å². The van der Waals surface area contributed by atoms with Crippen molar-refractivity contribution >= 4 is 11.6 Å².